The normalized spacial score (nSPS) is 10.4. The maximum Gasteiger partial charge on any atom is 0.277 e. The van der Waals surface area contributed by atoms with Crippen LogP contribution in [0.25, 0.3) is 11.5 Å². The number of nitrogens with one attached hydrogen (secondary N) is 2. The van der Waals surface area contributed by atoms with Crippen molar-refractivity contribution in [3.63, 3.8) is 0 Å². The summed E-state index contributed by atoms with van der Waals surface area (Å²) in [6.07, 6.45) is 0. The zero-order valence-corrected chi connectivity index (χ0v) is 15.2. The van der Waals surface area contributed by atoms with Crippen LogP contribution in [0.5, 0.6) is 0 Å². The number of nitrogens with zero attached hydrogens (tertiary/aromatic N) is 2. The van der Waals surface area contributed by atoms with Crippen molar-refractivity contribution in [2.45, 2.75) is 5.22 Å². The first-order chi connectivity index (χ1) is 13.0. The second-order valence-electron chi connectivity index (χ2n) is 5.18. The zero-order valence-electron chi connectivity index (χ0n) is 13.6. The highest BCUT2D eigenvalue weighted by Gasteiger charge is 2.12. The molecule has 0 spiro atoms. The molecule has 0 saturated carbocycles. The van der Waals surface area contributed by atoms with Gasteiger partial charge in [-0.25, -0.2) is 4.39 Å². The van der Waals surface area contributed by atoms with Gasteiger partial charge in [-0.1, -0.05) is 29.4 Å². The van der Waals surface area contributed by atoms with E-state index in [1.54, 1.807) is 18.2 Å². The number of thioether (sulfide) groups is 1. The predicted molar refractivity (Wildman–Crippen MR) is 97.5 cm³/mol. The Hall–Kier alpha value is -2.91. The van der Waals surface area contributed by atoms with E-state index >= 15 is 0 Å². The van der Waals surface area contributed by atoms with Gasteiger partial charge in [0, 0.05) is 16.1 Å². The molecule has 0 atom stereocenters. The zero-order chi connectivity index (χ0) is 19.2. The summed E-state index contributed by atoms with van der Waals surface area (Å²) in [6.45, 7) is 0. The van der Waals surface area contributed by atoms with Crippen molar-refractivity contribution in [2.75, 3.05) is 5.75 Å². The number of carbonyl (C=O) groups is 2. The summed E-state index contributed by atoms with van der Waals surface area (Å²) >= 11 is 6.81. The van der Waals surface area contributed by atoms with Gasteiger partial charge in [0.1, 0.15) is 5.82 Å². The monoisotopic (exact) mass is 406 g/mol. The molecule has 0 fully saturated rings. The lowest BCUT2D eigenvalue weighted by Crippen LogP contribution is -2.42. The van der Waals surface area contributed by atoms with Crippen LogP contribution in [0, 0.1) is 5.82 Å². The summed E-state index contributed by atoms with van der Waals surface area (Å²) in [5, 5.41) is 8.24. The molecule has 0 bridgehead atoms. The lowest BCUT2D eigenvalue weighted by atomic mass is 10.2. The summed E-state index contributed by atoms with van der Waals surface area (Å²) in [4.78, 5) is 23.7. The molecule has 7 nitrogen and oxygen atoms in total. The van der Waals surface area contributed by atoms with E-state index in [2.05, 4.69) is 21.0 Å². The van der Waals surface area contributed by atoms with Gasteiger partial charge in [-0.15, -0.1) is 10.2 Å². The number of hydrazine groups is 1. The first kappa shape index (κ1) is 18.9. The van der Waals surface area contributed by atoms with Crippen LogP contribution < -0.4 is 10.9 Å². The van der Waals surface area contributed by atoms with Gasteiger partial charge in [-0.3, -0.25) is 20.4 Å². The highest BCUT2D eigenvalue weighted by molar-refractivity contribution is 7.99. The lowest BCUT2D eigenvalue weighted by molar-refractivity contribution is -0.119. The lowest BCUT2D eigenvalue weighted by Gasteiger charge is -2.06. The maximum atomic E-state index is 12.9. The smallest absolute Gasteiger partial charge is 0.277 e. The third-order valence-corrected chi connectivity index (χ3v) is 4.28. The molecule has 2 N–H and O–H groups in total. The molecule has 0 aliphatic heterocycles. The highest BCUT2D eigenvalue weighted by atomic mass is 35.5. The Bertz CT molecular complexity index is 965. The molecule has 0 aliphatic rings. The molecule has 0 aliphatic carbocycles. The number of hydrogen-bond acceptors (Lipinski definition) is 6. The van der Waals surface area contributed by atoms with Crippen LogP contribution in [-0.2, 0) is 4.79 Å². The van der Waals surface area contributed by atoms with E-state index in [0.29, 0.717) is 16.1 Å². The van der Waals surface area contributed by atoms with E-state index in [0.717, 1.165) is 11.8 Å². The Morgan fingerprint density at radius 2 is 1.89 bits per heavy atom. The van der Waals surface area contributed by atoms with Gasteiger partial charge in [0.15, 0.2) is 0 Å². The minimum Gasteiger partial charge on any atom is -0.411 e. The SMILES string of the molecule is O=C(CSc1nnc(-c2ccc(F)cc2)o1)NNC(=O)c1cccc(Cl)c1. The molecular formula is C17H12ClFN4O3S. The fourth-order valence-electron chi connectivity index (χ4n) is 1.97. The molecule has 2 amide bonds. The van der Waals surface area contributed by atoms with Crippen LogP contribution in [0.3, 0.4) is 0 Å². The molecule has 0 unspecified atom stereocenters. The minimum absolute atomic E-state index is 0.0547. The number of hydrogen-bond donors (Lipinski definition) is 2. The number of amides is 2. The van der Waals surface area contributed by atoms with Crippen LogP contribution in [0.15, 0.2) is 58.2 Å². The fraction of sp³-hybridized carbons (Fsp3) is 0.0588. The molecule has 1 heterocycles. The van der Waals surface area contributed by atoms with Crippen molar-refractivity contribution in [3.8, 4) is 11.5 Å². The van der Waals surface area contributed by atoms with Crippen LogP contribution >= 0.6 is 23.4 Å². The van der Waals surface area contributed by atoms with Gasteiger partial charge in [-0.2, -0.15) is 0 Å². The Kier molecular flexibility index (Phi) is 6.05. The first-order valence-electron chi connectivity index (χ1n) is 7.58. The molecule has 0 radical (unpaired) electrons. The highest BCUT2D eigenvalue weighted by Crippen LogP contribution is 2.23. The second kappa shape index (κ2) is 8.65. The van der Waals surface area contributed by atoms with E-state index < -0.39 is 11.8 Å². The average molecular weight is 407 g/mol. The molecule has 3 rings (SSSR count). The van der Waals surface area contributed by atoms with Crippen molar-refractivity contribution in [2.24, 2.45) is 0 Å². The van der Waals surface area contributed by atoms with Gasteiger partial charge < -0.3 is 4.42 Å². The quantitative estimate of drug-likeness (QED) is 0.499. The number of halogens is 2. The van der Waals surface area contributed by atoms with Crippen molar-refractivity contribution in [3.05, 3.63) is 64.9 Å². The van der Waals surface area contributed by atoms with Crippen molar-refractivity contribution < 1.29 is 18.4 Å². The van der Waals surface area contributed by atoms with E-state index in [4.69, 9.17) is 16.0 Å². The Morgan fingerprint density at radius 3 is 2.63 bits per heavy atom. The summed E-state index contributed by atoms with van der Waals surface area (Å²) in [5.41, 5.74) is 5.45. The van der Waals surface area contributed by atoms with E-state index in [1.807, 2.05) is 0 Å². The van der Waals surface area contributed by atoms with Gasteiger partial charge in [-0.05, 0) is 42.5 Å². The number of carbonyl (C=O) groups excluding carboxylic acids is 2. The molecule has 3 aromatic rings. The largest absolute Gasteiger partial charge is 0.411 e. The minimum atomic E-state index is -0.493. The maximum absolute atomic E-state index is 12.9. The van der Waals surface area contributed by atoms with Gasteiger partial charge in [0.2, 0.25) is 11.8 Å². The van der Waals surface area contributed by atoms with Crippen LogP contribution in [-0.4, -0.2) is 27.8 Å². The number of benzene rings is 2. The van der Waals surface area contributed by atoms with Crippen LogP contribution in [0.4, 0.5) is 4.39 Å². The van der Waals surface area contributed by atoms with Crippen LogP contribution in [0.1, 0.15) is 10.4 Å². The fourth-order valence-corrected chi connectivity index (χ4v) is 2.72. The van der Waals surface area contributed by atoms with Gasteiger partial charge >= 0.3 is 0 Å². The molecule has 138 valence electrons. The van der Waals surface area contributed by atoms with Crippen molar-refractivity contribution in [1.82, 2.24) is 21.0 Å². The second-order valence-corrected chi connectivity index (χ2v) is 6.54. The van der Waals surface area contributed by atoms with Crippen LogP contribution in [0.2, 0.25) is 5.02 Å². The Labute approximate surface area is 162 Å². The molecule has 2 aromatic carbocycles. The van der Waals surface area contributed by atoms with E-state index in [9.17, 15) is 14.0 Å². The first-order valence-corrected chi connectivity index (χ1v) is 8.94. The summed E-state index contributed by atoms with van der Waals surface area (Å²) in [5.74, 6) is -1.17. The van der Waals surface area contributed by atoms with Crippen molar-refractivity contribution >= 4 is 35.2 Å². The third-order valence-electron chi connectivity index (χ3n) is 3.23. The summed E-state index contributed by atoms with van der Waals surface area (Å²) in [7, 11) is 0. The predicted octanol–water partition coefficient (Wildman–Crippen LogP) is 3.08. The topological polar surface area (TPSA) is 97.1 Å². The average Bonchev–Trinajstić information content (AvgIpc) is 3.14. The standard InChI is InChI=1S/C17H12ClFN4O3S/c18-12-3-1-2-11(8-12)15(25)21-20-14(24)9-27-17-23-22-16(26-17)10-4-6-13(19)7-5-10/h1-8H,9H2,(H,20,24)(H,21,25). The molecular weight excluding hydrogens is 395 g/mol. The van der Waals surface area contributed by atoms with E-state index in [-0.39, 0.29) is 22.7 Å². The van der Waals surface area contributed by atoms with E-state index in [1.165, 1.54) is 30.3 Å². The summed E-state index contributed by atoms with van der Waals surface area (Å²) in [6, 6.07) is 11.9. The third kappa shape index (κ3) is 5.28. The van der Waals surface area contributed by atoms with Gasteiger partial charge in [0.05, 0.1) is 5.75 Å². The summed E-state index contributed by atoms with van der Waals surface area (Å²) < 4.78 is 18.3. The Balaban J connectivity index is 1.48. The number of rotatable bonds is 5. The molecule has 0 saturated heterocycles. The molecule has 1 aromatic heterocycles. The molecule has 27 heavy (non-hydrogen) atoms. The van der Waals surface area contributed by atoms with Gasteiger partial charge in [0.25, 0.3) is 11.1 Å². The van der Waals surface area contributed by atoms with Crippen molar-refractivity contribution in [1.29, 1.82) is 0 Å². The molecule has 10 heteroatoms. The Morgan fingerprint density at radius 1 is 1.11 bits per heavy atom. The number of aromatic nitrogens is 2.